The normalized spacial score (nSPS) is 20.3. The predicted octanol–water partition coefficient (Wildman–Crippen LogP) is 3.83. The molecule has 1 aromatic heterocycles. The summed E-state index contributed by atoms with van der Waals surface area (Å²) in [6.07, 6.45) is 10.2. The summed E-state index contributed by atoms with van der Waals surface area (Å²) in [7, 11) is 0. The molecule has 0 radical (unpaired) electrons. The lowest BCUT2D eigenvalue weighted by Gasteiger charge is -2.28. The number of rotatable bonds is 8. The van der Waals surface area contributed by atoms with Crippen molar-refractivity contribution in [3.05, 3.63) is 63.9 Å². The van der Waals surface area contributed by atoms with E-state index in [1.807, 2.05) is 29.2 Å². The Morgan fingerprint density at radius 1 is 1.15 bits per heavy atom. The van der Waals surface area contributed by atoms with Gasteiger partial charge in [0.25, 0.3) is 5.91 Å². The second-order valence-corrected chi connectivity index (χ2v) is 10.0. The molecule has 2 heterocycles. The molecule has 1 aliphatic heterocycles. The van der Waals surface area contributed by atoms with Gasteiger partial charge in [-0.05, 0) is 79.8 Å². The molecule has 5 rings (SSSR count). The standard InChI is InChI=1S/C26H31ClN4O2/c27-24-8-3-17(13-25(32)30-20-4-5-20)12-19(24)16-31(21-6-7-21)26(33)23-15-29-11-9-22(23)18-2-1-10-28-14-18/h3,8-9,11-12,15,18,20-21,28H,1-2,4-7,10,13-14,16H2,(H,30,32). The van der Waals surface area contributed by atoms with Crippen molar-refractivity contribution < 1.29 is 9.59 Å². The molecule has 0 spiro atoms. The van der Waals surface area contributed by atoms with E-state index in [1.165, 1.54) is 0 Å². The zero-order valence-corrected chi connectivity index (χ0v) is 19.6. The van der Waals surface area contributed by atoms with E-state index < -0.39 is 0 Å². The number of benzene rings is 1. The topological polar surface area (TPSA) is 74.3 Å². The summed E-state index contributed by atoms with van der Waals surface area (Å²) in [4.78, 5) is 32.2. The highest BCUT2D eigenvalue weighted by Crippen LogP contribution is 2.34. The second-order valence-electron chi connectivity index (χ2n) is 9.61. The minimum absolute atomic E-state index is 0.0270. The van der Waals surface area contributed by atoms with Crippen LogP contribution in [0.3, 0.4) is 0 Å². The molecule has 3 fully saturated rings. The van der Waals surface area contributed by atoms with Crippen molar-refractivity contribution in [1.82, 2.24) is 20.5 Å². The molecular weight excluding hydrogens is 436 g/mol. The van der Waals surface area contributed by atoms with Crippen LogP contribution in [0.2, 0.25) is 5.02 Å². The van der Waals surface area contributed by atoms with E-state index in [1.54, 1.807) is 12.4 Å². The van der Waals surface area contributed by atoms with Crippen LogP contribution in [-0.2, 0) is 17.8 Å². The number of halogens is 1. The molecule has 2 N–H and O–H groups in total. The minimum atomic E-state index is 0.0270. The first-order valence-corrected chi connectivity index (χ1v) is 12.5. The molecule has 1 aromatic carbocycles. The van der Waals surface area contributed by atoms with Gasteiger partial charge >= 0.3 is 0 Å². The lowest BCUT2D eigenvalue weighted by molar-refractivity contribution is -0.120. The van der Waals surface area contributed by atoms with Gasteiger partial charge in [-0.1, -0.05) is 23.7 Å². The van der Waals surface area contributed by atoms with Crippen molar-refractivity contribution in [1.29, 1.82) is 0 Å². The van der Waals surface area contributed by atoms with Gasteiger partial charge in [-0.3, -0.25) is 14.6 Å². The smallest absolute Gasteiger partial charge is 0.256 e. The van der Waals surface area contributed by atoms with E-state index in [-0.39, 0.29) is 17.9 Å². The number of carbonyl (C=O) groups excluding carboxylic acids is 2. The largest absolute Gasteiger partial charge is 0.353 e. The van der Waals surface area contributed by atoms with Crippen LogP contribution < -0.4 is 10.6 Å². The van der Waals surface area contributed by atoms with Crippen molar-refractivity contribution in [3.8, 4) is 0 Å². The van der Waals surface area contributed by atoms with Crippen LogP contribution >= 0.6 is 11.6 Å². The molecule has 7 heteroatoms. The maximum atomic E-state index is 13.8. The molecule has 0 bridgehead atoms. The van der Waals surface area contributed by atoms with Crippen LogP contribution in [0.5, 0.6) is 0 Å². The van der Waals surface area contributed by atoms with Crippen LogP contribution in [0, 0.1) is 0 Å². The van der Waals surface area contributed by atoms with Crippen molar-refractivity contribution in [2.75, 3.05) is 13.1 Å². The predicted molar refractivity (Wildman–Crippen MR) is 128 cm³/mol. The zero-order chi connectivity index (χ0) is 22.8. The average molecular weight is 467 g/mol. The van der Waals surface area contributed by atoms with Crippen molar-refractivity contribution in [3.63, 3.8) is 0 Å². The van der Waals surface area contributed by atoms with Gasteiger partial charge in [0.1, 0.15) is 0 Å². The first-order chi connectivity index (χ1) is 16.1. The molecule has 1 atom stereocenters. The van der Waals surface area contributed by atoms with E-state index in [0.29, 0.717) is 35.5 Å². The SMILES string of the molecule is O=C(Cc1ccc(Cl)c(CN(C(=O)c2cnccc2C2CCCNC2)C2CC2)c1)NC1CC1. The summed E-state index contributed by atoms with van der Waals surface area (Å²) in [5.74, 6) is 0.403. The number of pyridine rings is 1. The number of carbonyl (C=O) groups is 2. The Hall–Kier alpha value is -2.44. The van der Waals surface area contributed by atoms with E-state index in [0.717, 1.165) is 68.3 Å². The highest BCUT2D eigenvalue weighted by Gasteiger charge is 2.35. The van der Waals surface area contributed by atoms with Crippen LogP contribution in [0.4, 0.5) is 0 Å². The number of amides is 2. The van der Waals surface area contributed by atoms with E-state index in [4.69, 9.17) is 11.6 Å². The van der Waals surface area contributed by atoms with Gasteiger partial charge in [0, 0.05) is 42.6 Å². The third-order valence-corrected chi connectivity index (χ3v) is 7.20. The van der Waals surface area contributed by atoms with Gasteiger partial charge in [0.15, 0.2) is 0 Å². The Morgan fingerprint density at radius 3 is 2.73 bits per heavy atom. The van der Waals surface area contributed by atoms with Gasteiger partial charge in [-0.2, -0.15) is 0 Å². The highest BCUT2D eigenvalue weighted by molar-refractivity contribution is 6.31. The molecule has 2 amide bonds. The molecule has 2 saturated carbocycles. The van der Waals surface area contributed by atoms with Gasteiger partial charge in [0.05, 0.1) is 12.0 Å². The molecule has 33 heavy (non-hydrogen) atoms. The van der Waals surface area contributed by atoms with Crippen LogP contribution in [0.15, 0.2) is 36.7 Å². The highest BCUT2D eigenvalue weighted by atomic mass is 35.5. The molecule has 1 saturated heterocycles. The fourth-order valence-electron chi connectivity index (χ4n) is 4.70. The first-order valence-electron chi connectivity index (χ1n) is 12.1. The van der Waals surface area contributed by atoms with Crippen molar-refractivity contribution in [2.45, 2.75) is 69.5 Å². The summed E-state index contributed by atoms with van der Waals surface area (Å²) in [6, 6.07) is 8.30. The Kier molecular flexibility index (Phi) is 6.65. The molecular formula is C26H31ClN4O2. The van der Waals surface area contributed by atoms with Crippen LogP contribution in [-0.4, -0.2) is 46.9 Å². The Labute approximate surface area is 200 Å². The number of nitrogens with one attached hydrogen (secondary N) is 2. The monoisotopic (exact) mass is 466 g/mol. The van der Waals surface area contributed by atoms with Gasteiger partial charge < -0.3 is 15.5 Å². The lowest BCUT2D eigenvalue weighted by Crippen LogP contribution is -2.35. The summed E-state index contributed by atoms with van der Waals surface area (Å²) < 4.78 is 0. The van der Waals surface area contributed by atoms with E-state index >= 15 is 0 Å². The fourth-order valence-corrected chi connectivity index (χ4v) is 4.88. The Bertz CT molecular complexity index is 1030. The molecule has 2 aliphatic carbocycles. The molecule has 174 valence electrons. The number of aromatic nitrogens is 1. The summed E-state index contributed by atoms with van der Waals surface area (Å²) >= 11 is 6.54. The second kappa shape index (κ2) is 9.82. The minimum Gasteiger partial charge on any atom is -0.353 e. The summed E-state index contributed by atoms with van der Waals surface area (Å²) in [5.41, 5.74) is 3.60. The number of hydrogen-bond acceptors (Lipinski definition) is 4. The zero-order valence-electron chi connectivity index (χ0n) is 18.9. The number of piperidine rings is 1. The maximum Gasteiger partial charge on any atom is 0.256 e. The van der Waals surface area contributed by atoms with Crippen molar-refractivity contribution >= 4 is 23.4 Å². The third-order valence-electron chi connectivity index (χ3n) is 6.83. The average Bonchev–Trinajstić information content (AvgIpc) is 3.75. The Morgan fingerprint density at radius 2 is 2.00 bits per heavy atom. The molecule has 6 nitrogen and oxygen atoms in total. The van der Waals surface area contributed by atoms with Gasteiger partial charge in [0.2, 0.25) is 5.91 Å². The molecule has 2 aromatic rings. The number of nitrogens with zero attached hydrogens (tertiary/aromatic N) is 2. The van der Waals surface area contributed by atoms with Crippen molar-refractivity contribution in [2.24, 2.45) is 0 Å². The van der Waals surface area contributed by atoms with E-state index in [2.05, 4.69) is 15.6 Å². The van der Waals surface area contributed by atoms with Crippen LogP contribution in [0.1, 0.15) is 71.5 Å². The molecule has 3 aliphatic rings. The maximum absolute atomic E-state index is 13.8. The van der Waals surface area contributed by atoms with Gasteiger partial charge in [-0.15, -0.1) is 0 Å². The van der Waals surface area contributed by atoms with Crippen LogP contribution in [0.25, 0.3) is 0 Å². The Balaban J connectivity index is 1.35. The third kappa shape index (κ3) is 5.56. The first kappa shape index (κ1) is 22.4. The van der Waals surface area contributed by atoms with Gasteiger partial charge in [-0.25, -0.2) is 0 Å². The fraction of sp³-hybridized carbons (Fsp3) is 0.500. The lowest BCUT2D eigenvalue weighted by atomic mass is 9.89. The van der Waals surface area contributed by atoms with E-state index in [9.17, 15) is 9.59 Å². The summed E-state index contributed by atoms with van der Waals surface area (Å²) in [6.45, 7) is 2.37. The summed E-state index contributed by atoms with van der Waals surface area (Å²) in [5, 5.41) is 7.11. The molecule has 1 unspecified atom stereocenters. The number of hydrogen-bond donors (Lipinski definition) is 2. The quantitative estimate of drug-likeness (QED) is 0.620.